The number of nitrogens with zero attached hydrogens (tertiary/aromatic N) is 1. The van der Waals surface area contributed by atoms with Gasteiger partial charge in [0.1, 0.15) is 19.8 Å². The number of likely N-dealkylation sites (N-methyl/N-ethyl adjacent to an activating group) is 1. The number of phosphoric acid groups is 1. The zero-order valence-corrected chi connectivity index (χ0v) is 64.5. The Bertz CT molecular complexity index is 1990. The molecule has 0 aliphatic heterocycles. The number of ether oxygens (including phenoxy) is 2. The largest absolute Gasteiger partial charge is 0.472 e. The summed E-state index contributed by atoms with van der Waals surface area (Å²) < 4.78 is 34.8. The number of rotatable bonds is 75. The first-order valence-corrected chi connectivity index (χ1v) is 42.1. The number of unbranched alkanes of at least 4 members (excludes halogenated alkanes) is 43. The molecule has 0 aliphatic rings. The van der Waals surface area contributed by atoms with Crippen LogP contribution < -0.4 is 0 Å². The molecule has 0 saturated carbocycles. The molecule has 9 nitrogen and oxygen atoms in total. The zero-order chi connectivity index (χ0) is 69.7. The van der Waals surface area contributed by atoms with Crippen LogP contribution in [0.15, 0.2) is 109 Å². The van der Waals surface area contributed by atoms with E-state index in [1.807, 2.05) is 21.1 Å². The fourth-order valence-electron chi connectivity index (χ4n) is 11.6. The maximum atomic E-state index is 12.9. The average Bonchev–Trinajstić information content (AvgIpc) is 1.98. The molecule has 0 saturated heterocycles. The highest BCUT2D eigenvalue weighted by molar-refractivity contribution is 7.47. The third-order valence-electron chi connectivity index (χ3n) is 17.8. The van der Waals surface area contributed by atoms with Crippen LogP contribution in [0.25, 0.3) is 0 Å². The fourth-order valence-corrected chi connectivity index (χ4v) is 12.4. The Morgan fingerprint density at radius 2 is 0.594 bits per heavy atom. The summed E-state index contributed by atoms with van der Waals surface area (Å²) in [6.45, 7) is 4.36. The van der Waals surface area contributed by atoms with Gasteiger partial charge in [0.05, 0.1) is 27.7 Å². The summed E-state index contributed by atoms with van der Waals surface area (Å²) in [4.78, 5) is 36.0. The first-order valence-electron chi connectivity index (χ1n) is 40.6. The summed E-state index contributed by atoms with van der Waals surface area (Å²) in [5, 5.41) is 0. The highest BCUT2D eigenvalue weighted by Gasteiger charge is 2.27. The molecule has 0 aromatic carbocycles. The summed E-state index contributed by atoms with van der Waals surface area (Å²) in [5.41, 5.74) is 0. The molecule has 0 radical (unpaired) electrons. The quantitative estimate of drug-likeness (QED) is 0.0211. The van der Waals surface area contributed by atoms with Gasteiger partial charge in [-0.05, 0) is 103 Å². The normalized spacial score (nSPS) is 13.6. The number of allylic oxidation sites excluding steroid dienone is 18. The second kappa shape index (κ2) is 75.9. The molecule has 0 fully saturated rings. The molecule has 0 aromatic rings. The van der Waals surface area contributed by atoms with E-state index in [4.69, 9.17) is 18.5 Å². The number of hydrogen-bond acceptors (Lipinski definition) is 7. The Hall–Kier alpha value is -3.33. The predicted molar refractivity (Wildman–Crippen MR) is 418 cm³/mol. The molecular weight excluding hydrogens is 1210 g/mol. The molecule has 0 aliphatic carbocycles. The van der Waals surface area contributed by atoms with Crippen LogP contribution in [0.2, 0.25) is 0 Å². The molecule has 0 spiro atoms. The van der Waals surface area contributed by atoms with Gasteiger partial charge in [-0.2, -0.15) is 0 Å². The minimum atomic E-state index is -4.40. The Morgan fingerprint density at radius 3 is 0.885 bits per heavy atom. The van der Waals surface area contributed by atoms with Crippen molar-refractivity contribution in [2.75, 3.05) is 47.5 Å². The van der Waals surface area contributed by atoms with Crippen LogP contribution in [0.4, 0.5) is 0 Å². The number of quaternary nitrogens is 1. The van der Waals surface area contributed by atoms with Gasteiger partial charge in [0.15, 0.2) is 6.10 Å². The maximum absolute atomic E-state index is 12.9. The lowest BCUT2D eigenvalue weighted by molar-refractivity contribution is -0.870. The number of esters is 2. The Balaban J connectivity index is 3.94. The van der Waals surface area contributed by atoms with Crippen LogP contribution in [0.5, 0.6) is 0 Å². The van der Waals surface area contributed by atoms with E-state index in [0.717, 1.165) is 83.5 Å². The van der Waals surface area contributed by atoms with Crippen LogP contribution in [-0.4, -0.2) is 74.9 Å². The van der Waals surface area contributed by atoms with E-state index in [9.17, 15) is 19.0 Å². The summed E-state index contributed by atoms with van der Waals surface area (Å²) in [6.07, 6.45) is 108. The van der Waals surface area contributed by atoms with Crippen LogP contribution in [0, 0.1) is 0 Å². The van der Waals surface area contributed by atoms with E-state index in [-0.39, 0.29) is 32.0 Å². The van der Waals surface area contributed by atoms with Gasteiger partial charge in [-0.25, -0.2) is 4.57 Å². The number of hydrogen-bond donors (Lipinski definition) is 1. The number of phosphoric ester groups is 1. The van der Waals surface area contributed by atoms with Crippen LogP contribution in [0.3, 0.4) is 0 Å². The molecule has 96 heavy (non-hydrogen) atoms. The van der Waals surface area contributed by atoms with Crippen molar-refractivity contribution < 1.29 is 42.1 Å². The first-order chi connectivity index (χ1) is 47.0. The van der Waals surface area contributed by atoms with Crippen LogP contribution in [0.1, 0.15) is 373 Å². The molecule has 0 heterocycles. The molecule has 0 bridgehead atoms. The molecule has 1 N–H and O–H groups in total. The molecule has 0 amide bonds. The summed E-state index contributed by atoms with van der Waals surface area (Å²) in [5.74, 6) is -0.781. The van der Waals surface area contributed by atoms with Gasteiger partial charge in [0.2, 0.25) is 0 Å². The monoisotopic (exact) mass is 1360 g/mol. The van der Waals surface area contributed by atoms with E-state index in [2.05, 4.69) is 123 Å². The Morgan fingerprint density at radius 1 is 0.333 bits per heavy atom. The zero-order valence-electron chi connectivity index (χ0n) is 63.6. The smallest absolute Gasteiger partial charge is 0.462 e. The fraction of sp³-hybridized carbons (Fsp3) is 0.767. The topological polar surface area (TPSA) is 108 Å². The lowest BCUT2D eigenvalue weighted by Crippen LogP contribution is -2.37. The SMILES string of the molecule is CC/C=C\C/C=C\C/C=C\C/C=C\C/C=C\C/C=C\CCCCCCCCCCCCCCCCCCCCCCC(=O)OC(COC(=O)CCCCCCCCCCCCCCCCCCCC/C=C\C/C=C\C/C=C\CCCCCCC)COP(=O)(O)OCC[N+](C)(C)C. The minimum absolute atomic E-state index is 0.0311. The molecule has 556 valence electrons. The average molecular weight is 1360 g/mol. The van der Waals surface area contributed by atoms with Crippen molar-refractivity contribution in [2.24, 2.45) is 0 Å². The van der Waals surface area contributed by atoms with Gasteiger partial charge < -0.3 is 18.9 Å². The molecule has 0 rings (SSSR count). The lowest BCUT2D eigenvalue weighted by Gasteiger charge is -2.24. The van der Waals surface area contributed by atoms with E-state index in [0.29, 0.717) is 17.4 Å². The van der Waals surface area contributed by atoms with E-state index < -0.39 is 26.5 Å². The van der Waals surface area contributed by atoms with Crippen molar-refractivity contribution in [1.29, 1.82) is 0 Å². The third kappa shape index (κ3) is 79.7. The van der Waals surface area contributed by atoms with Gasteiger partial charge in [-0.3, -0.25) is 18.6 Å². The lowest BCUT2D eigenvalue weighted by atomic mass is 10.0. The van der Waals surface area contributed by atoms with Gasteiger partial charge in [0.25, 0.3) is 0 Å². The molecule has 2 atom stereocenters. The minimum Gasteiger partial charge on any atom is -0.462 e. The highest BCUT2D eigenvalue weighted by Crippen LogP contribution is 2.43. The maximum Gasteiger partial charge on any atom is 0.472 e. The number of carbonyl (C=O) groups is 2. The first kappa shape index (κ1) is 92.7. The summed E-state index contributed by atoms with van der Waals surface area (Å²) >= 11 is 0. The molecular formula is C86H155NO8P+. The summed E-state index contributed by atoms with van der Waals surface area (Å²) in [6, 6.07) is 0. The van der Waals surface area contributed by atoms with Gasteiger partial charge in [-0.15, -0.1) is 0 Å². The molecule has 2 unspecified atom stereocenters. The predicted octanol–water partition coefficient (Wildman–Crippen LogP) is 27.2. The van der Waals surface area contributed by atoms with Crippen LogP contribution in [-0.2, 0) is 32.7 Å². The van der Waals surface area contributed by atoms with Crippen LogP contribution >= 0.6 is 7.82 Å². The van der Waals surface area contributed by atoms with Crippen molar-refractivity contribution in [3.63, 3.8) is 0 Å². The Kier molecular flexibility index (Phi) is 73.2. The van der Waals surface area contributed by atoms with Gasteiger partial charge in [-0.1, -0.05) is 367 Å². The Labute approximate surface area is 595 Å². The molecule has 0 aromatic heterocycles. The second-order valence-electron chi connectivity index (χ2n) is 28.4. The molecule has 10 heteroatoms. The van der Waals surface area contributed by atoms with Crippen molar-refractivity contribution in [3.05, 3.63) is 109 Å². The van der Waals surface area contributed by atoms with E-state index in [1.54, 1.807) is 0 Å². The van der Waals surface area contributed by atoms with Crippen molar-refractivity contribution in [2.45, 2.75) is 380 Å². The third-order valence-corrected chi connectivity index (χ3v) is 18.8. The standard InChI is InChI=1S/C86H154NO8P/c1-6-8-10-12-14-16-18-20-22-24-26-28-30-32-34-36-38-40-41-42-43-44-45-47-49-51-53-55-57-59-61-63-65-67-69-71-73-75-77-79-86(89)95-84(83-94-96(90,91)93-81-80-87(3,4)5)82-92-85(88)78-76-74-72-70-68-66-64-62-60-58-56-54-52-50-48-46-39-37-35-33-31-29-27-25-23-21-19-17-15-13-11-9-7-2/h8,10,14,16,19-22,25-28,31-34,38,40,84H,6-7,9,11-13,15,17-18,23-24,29-30,35-37,39,41-83H2,1-5H3/p+1/b10-8-,16-14-,21-19-,22-20-,27-25-,28-26-,33-31-,34-32-,40-38-. The van der Waals surface area contributed by atoms with Crippen molar-refractivity contribution >= 4 is 19.8 Å². The van der Waals surface area contributed by atoms with Crippen molar-refractivity contribution in [1.82, 2.24) is 0 Å². The van der Waals surface area contributed by atoms with Gasteiger partial charge >= 0.3 is 19.8 Å². The summed E-state index contributed by atoms with van der Waals surface area (Å²) in [7, 11) is 1.49. The number of carbonyl (C=O) groups excluding carboxylic acids is 2. The second-order valence-corrected chi connectivity index (χ2v) is 29.9. The van der Waals surface area contributed by atoms with Gasteiger partial charge in [0, 0.05) is 12.8 Å². The highest BCUT2D eigenvalue weighted by atomic mass is 31.2. The van der Waals surface area contributed by atoms with Crippen molar-refractivity contribution in [3.8, 4) is 0 Å². The van der Waals surface area contributed by atoms with E-state index >= 15 is 0 Å². The van der Waals surface area contributed by atoms with E-state index in [1.165, 1.54) is 257 Å².